The van der Waals surface area contributed by atoms with Crippen LogP contribution in [-0.4, -0.2) is 40.5 Å². The Morgan fingerprint density at radius 3 is 3.14 bits per heavy atom. The van der Waals surface area contributed by atoms with Crippen LogP contribution in [0.2, 0.25) is 0 Å². The molecule has 2 aliphatic rings. The summed E-state index contributed by atoms with van der Waals surface area (Å²) in [5.41, 5.74) is 7.52. The Labute approximate surface area is 122 Å². The average molecular weight is 286 g/mol. The number of nitrogens with zero attached hydrogens (tertiary/aromatic N) is 2. The Kier molecular flexibility index (Phi) is 2.77. The molecule has 1 amide bonds. The van der Waals surface area contributed by atoms with Crippen molar-refractivity contribution in [1.82, 2.24) is 15.1 Å². The van der Waals surface area contributed by atoms with Gasteiger partial charge in [0.05, 0.1) is 17.7 Å². The Morgan fingerprint density at radius 2 is 2.29 bits per heavy atom. The number of para-hydroxylation sites is 1. The van der Waals surface area contributed by atoms with Gasteiger partial charge in [-0.15, -0.1) is 0 Å². The van der Waals surface area contributed by atoms with E-state index in [-0.39, 0.29) is 24.1 Å². The van der Waals surface area contributed by atoms with Crippen molar-refractivity contribution in [2.24, 2.45) is 18.7 Å². The van der Waals surface area contributed by atoms with E-state index in [9.17, 15) is 4.79 Å². The summed E-state index contributed by atoms with van der Waals surface area (Å²) >= 11 is 0. The van der Waals surface area contributed by atoms with E-state index in [0.717, 1.165) is 23.9 Å². The summed E-state index contributed by atoms with van der Waals surface area (Å²) in [5.74, 6) is 0.206. The maximum atomic E-state index is 12.5. The molecule has 0 bridgehead atoms. The van der Waals surface area contributed by atoms with Crippen molar-refractivity contribution >= 4 is 16.8 Å². The monoisotopic (exact) mass is 286 g/mol. The molecule has 21 heavy (non-hydrogen) atoms. The fourth-order valence-electron chi connectivity index (χ4n) is 3.53. The molecule has 4 unspecified atom stereocenters. The van der Waals surface area contributed by atoms with E-state index in [1.165, 1.54) is 0 Å². The predicted octanol–water partition coefficient (Wildman–Crippen LogP) is 0.418. The standard InChI is InChI=1S/C15H18N4O2/c1-19-10-5-3-2-4-8(10)12(18-19)15(20)17-13-11(16)9-6-7-21-14(9)13/h2-5,9,11,13-14H,6-7,16H2,1H3,(H,17,20). The molecule has 4 rings (SSSR count). The van der Waals surface area contributed by atoms with Crippen LogP contribution in [0.3, 0.4) is 0 Å². The summed E-state index contributed by atoms with van der Waals surface area (Å²) < 4.78 is 7.37. The molecule has 110 valence electrons. The van der Waals surface area contributed by atoms with Crippen molar-refractivity contribution in [2.75, 3.05) is 6.61 Å². The number of nitrogens with one attached hydrogen (secondary N) is 1. The van der Waals surface area contributed by atoms with Crippen LogP contribution in [0.25, 0.3) is 10.9 Å². The zero-order valence-electron chi connectivity index (χ0n) is 11.8. The first-order chi connectivity index (χ1) is 10.2. The fraction of sp³-hybridized carbons (Fsp3) is 0.467. The van der Waals surface area contributed by atoms with Gasteiger partial charge in [-0.2, -0.15) is 5.10 Å². The van der Waals surface area contributed by atoms with Crippen LogP contribution in [-0.2, 0) is 11.8 Å². The lowest BCUT2D eigenvalue weighted by atomic mass is 9.72. The third-order valence-electron chi connectivity index (χ3n) is 4.72. The molecule has 0 spiro atoms. The van der Waals surface area contributed by atoms with Gasteiger partial charge in [0.2, 0.25) is 0 Å². The van der Waals surface area contributed by atoms with Crippen molar-refractivity contribution in [1.29, 1.82) is 0 Å². The lowest BCUT2D eigenvalue weighted by Crippen LogP contribution is -2.69. The number of nitrogens with two attached hydrogens (primary N) is 1. The van der Waals surface area contributed by atoms with E-state index >= 15 is 0 Å². The SMILES string of the molecule is Cn1nc(C(=O)NC2C(N)C3CCOC32)c2ccccc21. The van der Waals surface area contributed by atoms with E-state index in [4.69, 9.17) is 10.5 Å². The molecule has 6 heteroatoms. The summed E-state index contributed by atoms with van der Waals surface area (Å²) in [5, 5.41) is 8.19. The zero-order chi connectivity index (χ0) is 14.6. The predicted molar refractivity (Wildman–Crippen MR) is 77.8 cm³/mol. The average Bonchev–Trinajstić information content (AvgIpc) is 3.07. The van der Waals surface area contributed by atoms with Gasteiger partial charge in [0.15, 0.2) is 5.69 Å². The minimum absolute atomic E-state index is 0.0172. The minimum Gasteiger partial charge on any atom is -0.376 e. The van der Waals surface area contributed by atoms with Crippen LogP contribution < -0.4 is 11.1 Å². The molecule has 1 saturated heterocycles. The fourth-order valence-corrected chi connectivity index (χ4v) is 3.53. The number of aromatic nitrogens is 2. The van der Waals surface area contributed by atoms with E-state index in [1.54, 1.807) is 4.68 Å². The van der Waals surface area contributed by atoms with Crippen LogP contribution in [0.15, 0.2) is 24.3 Å². The molecule has 2 fully saturated rings. The first-order valence-corrected chi connectivity index (χ1v) is 7.26. The molecule has 4 atom stereocenters. The summed E-state index contributed by atoms with van der Waals surface area (Å²) in [4.78, 5) is 12.5. The third kappa shape index (κ3) is 1.79. The number of hydrogen-bond donors (Lipinski definition) is 2. The quantitative estimate of drug-likeness (QED) is 0.838. The Morgan fingerprint density at radius 1 is 1.48 bits per heavy atom. The molecule has 2 heterocycles. The summed E-state index contributed by atoms with van der Waals surface area (Å²) in [7, 11) is 1.84. The number of amides is 1. The topological polar surface area (TPSA) is 82.2 Å². The van der Waals surface area contributed by atoms with Crippen molar-refractivity contribution in [3.63, 3.8) is 0 Å². The van der Waals surface area contributed by atoms with Gasteiger partial charge in [0.1, 0.15) is 0 Å². The van der Waals surface area contributed by atoms with Crippen molar-refractivity contribution in [3.05, 3.63) is 30.0 Å². The van der Waals surface area contributed by atoms with Crippen LogP contribution >= 0.6 is 0 Å². The van der Waals surface area contributed by atoms with Gasteiger partial charge in [-0.25, -0.2) is 0 Å². The minimum atomic E-state index is -0.179. The number of ether oxygens (including phenoxy) is 1. The molecular weight excluding hydrogens is 268 g/mol. The number of carbonyl (C=O) groups is 1. The normalized spacial score (nSPS) is 31.0. The molecule has 6 nitrogen and oxygen atoms in total. The van der Waals surface area contributed by atoms with E-state index in [2.05, 4.69) is 10.4 Å². The molecule has 2 aromatic rings. The highest BCUT2D eigenvalue weighted by Gasteiger charge is 2.52. The number of hydrogen-bond acceptors (Lipinski definition) is 4. The van der Waals surface area contributed by atoms with Gasteiger partial charge in [-0.05, 0) is 12.5 Å². The molecule has 1 aliphatic carbocycles. The number of fused-ring (bicyclic) bond motifs is 2. The number of rotatable bonds is 2. The Hall–Kier alpha value is -1.92. The lowest BCUT2D eigenvalue weighted by molar-refractivity contribution is -0.0161. The first-order valence-electron chi connectivity index (χ1n) is 7.26. The Balaban J connectivity index is 1.60. The largest absolute Gasteiger partial charge is 0.376 e. The van der Waals surface area contributed by atoms with Gasteiger partial charge in [-0.1, -0.05) is 18.2 Å². The maximum Gasteiger partial charge on any atom is 0.272 e. The molecule has 1 aromatic heterocycles. The Bertz CT molecular complexity index is 711. The van der Waals surface area contributed by atoms with Gasteiger partial charge in [0.25, 0.3) is 5.91 Å². The van der Waals surface area contributed by atoms with Gasteiger partial charge >= 0.3 is 0 Å². The molecular formula is C15H18N4O2. The highest BCUT2D eigenvalue weighted by Crippen LogP contribution is 2.37. The van der Waals surface area contributed by atoms with Gasteiger partial charge < -0.3 is 15.8 Å². The third-order valence-corrected chi connectivity index (χ3v) is 4.72. The molecule has 1 aromatic carbocycles. The molecule has 1 saturated carbocycles. The van der Waals surface area contributed by atoms with Crippen LogP contribution in [0.4, 0.5) is 0 Å². The second kappa shape index (κ2) is 4.54. The zero-order valence-corrected chi connectivity index (χ0v) is 11.8. The van der Waals surface area contributed by atoms with Crippen LogP contribution in [0, 0.1) is 5.92 Å². The lowest BCUT2D eigenvalue weighted by Gasteiger charge is -2.45. The maximum absolute atomic E-state index is 12.5. The first kappa shape index (κ1) is 12.8. The molecule has 0 radical (unpaired) electrons. The van der Waals surface area contributed by atoms with Crippen molar-refractivity contribution in [3.8, 4) is 0 Å². The summed E-state index contributed by atoms with van der Waals surface area (Å²) in [6.07, 6.45) is 1.06. The second-order valence-electron chi connectivity index (χ2n) is 5.85. The summed E-state index contributed by atoms with van der Waals surface area (Å²) in [6, 6.07) is 7.58. The number of carbonyl (C=O) groups excluding carboxylic acids is 1. The summed E-state index contributed by atoms with van der Waals surface area (Å²) in [6.45, 7) is 0.738. The smallest absolute Gasteiger partial charge is 0.272 e. The second-order valence-corrected chi connectivity index (χ2v) is 5.85. The molecule has 3 N–H and O–H groups in total. The molecule has 1 aliphatic heterocycles. The van der Waals surface area contributed by atoms with E-state index in [0.29, 0.717) is 11.6 Å². The number of benzene rings is 1. The highest BCUT2D eigenvalue weighted by molar-refractivity contribution is 6.05. The van der Waals surface area contributed by atoms with Gasteiger partial charge in [0, 0.05) is 31.0 Å². The van der Waals surface area contributed by atoms with Gasteiger partial charge in [-0.3, -0.25) is 9.48 Å². The van der Waals surface area contributed by atoms with Crippen molar-refractivity contribution in [2.45, 2.75) is 24.6 Å². The van der Waals surface area contributed by atoms with Crippen LogP contribution in [0.5, 0.6) is 0 Å². The van der Waals surface area contributed by atoms with Crippen molar-refractivity contribution < 1.29 is 9.53 Å². The number of aryl methyl sites for hydroxylation is 1. The van der Waals surface area contributed by atoms with Crippen LogP contribution in [0.1, 0.15) is 16.9 Å². The van der Waals surface area contributed by atoms with E-state index in [1.807, 2.05) is 31.3 Å². The van der Waals surface area contributed by atoms with E-state index < -0.39 is 0 Å². The highest BCUT2D eigenvalue weighted by atomic mass is 16.5.